The van der Waals surface area contributed by atoms with E-state index in [1.54, 1.807) is 0 Å². The molecule has 2 rings (SSSR count). The van der Waals surface area contributed by atoms with E-state index >= 15 is 0 Å². The number of nitrogens with one attached hydrogen (secondary N) is 1. The summed E-state index contributed by atoms with van der Waals surface area (Å²) < 4.78 is 0. The van der Waals surface area contributed by atoms with Crippen molar-refractivity contribution in [3.63, 3.8) is 0 Å². The molecule has 0 saturated carbocycles. The smallest absolute Gasteiger partial charge is 0.224 e. The van der Waals surface area contributed by atoms with Crippen LogP contribution < -0.4 is 5.32 Å². The van der Waals surface area contributed by atoms with E-state index in [-0.39, 0.29) is 5.91 Å². The highest BCUT2D eigenvalue weighted by molar-refractivity contribution is 5.78. The maximum atomic E-state index is 11.9. The highest BCUT2D eigenvalue weighted by Gasteiger charge is 2.10. The summed E-state index contributed by atoms with van der Waals surface area (Å²) in [4.78, 5) is 14.4. The molecule has 3 heteroatoms. The number of hydrogen-bond donors (Lipinski definition) is 1. The van der Waals surface area contributed by atoms with Crippen LogP contribution in [0.5, 0.6) is 0 Å². The molecule has 1 saturated heterocycles. The molecule has 20 heavy (non-hydrogen) atoms. The molecule has 0 radical (unpaired) electrons. The van der Waals surface area contributed by atoms with Gasteiger partial charge in [0.05, 0.1) is 6.42 Å². The largest absolute Gasteiger partial charge is 0.356 e. The third-order valence-corrected chi connectivity index (χ3v) is 4.02. The van der Waals surface area contributed by atoms with Gasteiger partial charge in [0.15, 0.2) is 0 Å². The quantitative estimate of drug-likeness (QED) is 0.808. The van der Waals surface area contributed by atoms with Crippen LogP contribution >= 0.6 is 0 Å². The lowest BCUT2D eigenvalue weighted by atomic mass is 10.0. The molecular formula is C17H26N2O. The van der Waals surface area contributed by atoms with E-state index in [4.69, 9.17) is 0 Å². The minimum atomic E-state index is 0.137. The second kappa shape index (κ2) is 7.44. The summed E-state index contributed by atoms with van der Waals surface area (Å²) in [6.07, 6.45) is 4.21. The summed E-state index contributed by atoms with van der Waals surface area (Å²) in [5, 5.41) is 3.03. The van der Waals surface area contributed by atoms with Gasteiger partial charge in [-0.15, -0.1) is 0 Å². The fourth-order valence-corrected chi connectivity index (χ4v) is 2.82. The van der Waals surface area contributed by atoms with Gasteiger partial charge in [0.2, 0.25) is 5.91 Å². The summed E-state index contributed by atoms with van der Waals surface area (Å²) in [5.41, 5.74) is 3.59. The molecule has 1 aromatic carbocycles. The van der Waals surface area contributed by atoms with Crippen LogP contribution in [-0.2, 0) is 11.2 Å². The standard InChI is InChI=1S/C17H26N2O/c1-14-6-7-16(15(2)12-14)13-17(20)18-8-5-11-19-9-3-4-10-19/h6-7,12H,3-5,8-11,13H2,1-2H3,(H,18,20). The zero-order valence-corrected chi connectivity index (χ0v) is 12.7. The first-order valence-corrected chi connectivity index (χ1v) is 7.70. The first-order valence-electron chi connectivity index (χ1n) is 7.70. The van der Waals surface area contributed by atoms with Gasteiger partial charge in [-0.1, -0.05) is 23.8 Å². The number of rotatable bonds is 6. The number of carbonyl (C=O) groups excluding carboxylic acids is 1. The van der Waals surface area contributed by atoms with Crippen molar-refractivity contribution < 1.29 is 4.79 Å². The zero-order chi connectivity index (χ0) is 14.4. The van der Waals surface area contributed by atoms with Crippen LogP contribution in [0.25, 0.3) is 0 Å². The number of amides is 1. The van der Waals surface area contributed by atoms with Crippen molar-refractivity contribution in [2.75, 3.05) is 26.2 Å². The van der Waals surface area contributed by atoms with E-state index < -0.39 is 0 Å². The monoisotopic (exact) mass is 274 g/mol. The molecule has 1 fully saturated rings. The van der Waals surface area contributed by atoms with E-state index in [1.165, 1.54) is 37.1 Å². The van der Waals surface area contributed by atoms with Crippen LogP contribution in [0.1, 0.15) is 36.0 Å². The van der Waals surface area contributed by atoms with Crippen molar-refractivity contribution in [2.24, 2.45) is 0 Å². The number of benzene rings is 1. The van der Waals surface area contributed by atoms with Gasteiger partial charge in [-0.25, -0.2) is 0 Å². The van der Waals surface area contributed by atoms with Gasteiger partial charge >= 0.3 is 0 Å². The van der Waals surface area contributed by atoms with Crippen molar-refractivity contribution in [1.82, 2.24) is 10.2 Å². The Kier molecular flexibility index (Phi) is 5.60. The van der Waals surface area contributed by atoms with E-state index in [2.05, 4.69) is 42.3 Å². The minimum Gasteiger partial charge on any atom is -0.356 e. The summed E-state index contributed by atoms with van der Waals surface area (Å²) in [5.74, 6) is 0.137. The second-order valence-corrected chi connectivity index (χ2v) is 5.86. The average Bonchev–Trinajstić information content (AvgIpc) is 2.91. The van der Waals surface area contributed by atoms with Gasteiger partial charge in [0.1, 0.15) is 0 Å². The van der Waals surface area contributed by atoms with Gasteiger partial charge in [-0.3, -0.25) is 4.79 Å². The molecule has 1 aliphatic rings. The molecule has 0 aromatic heterocycles. The SMILES string of the molecule is Cc1ccc(CC(=O)NCCCN2CCCC2)c(C)c1. The molecule has 1 heterocycles. The molecule has 110 valence electrons. The molecule has 3 nitrogen and oxygen atoms in total. The highest BCUT2D eigenvalue weighted by atomic mass is 16.1. The lowest BCUT2D eigenvalue weighted by Gasteiger charge is -2.14. The molecule has 0 unspecified atom stereocenters. The predicted octanol–water partition coefficient (Wildman–Crippen LogP) is 2.45. The molecule has 1 N–H and O–H groups in total. The second-order valence-electron chi connectivity index (χ2n) is 5.86. The van der Waals surface area contributed by atoms with Gasteiger partial charge in [-0.05, 0) is 63.9 Å². The van der Waals surface area contributed by atoms with Gasteiger partial charge in [0.25, 0.3) is 0 Å². The van der Waals surface area contributed by atoms with E-state index in [0.29, 0.717) is 6.42 Å². The fourth-order valence-electron chi connectivity index (χ4n) is 2.82. The molecule has 0 spiro atoms. The van der Waals surface area contributed by atoms with E-state index in [9.17, 15) is 4.79 Å². The molecular weight excluding hydrogens is 248 g/mol. The van der Waals surface area contributed by atoms with E-state index in [1.807, 2.05) is 0 Å². The molecule has 1 aromatic rings. The number of likely N-dealkylation sites (tertiary alicyclic amines) is 1. The Morgan fingerprint density at radius 3 is 2.70 bits per heavy atom. The summed E-state index contributed by atoms with van der Waals surface area (Å²) in [6.45, 7) is 8.52. The molecule has 0 bridgehead atoms. The predicted molar refractivity (Wildman–Crippen MR) is 82.9 cm³/mol. The summed E-state index contributed by atoms with van der Waals surface area (Å²) in [7, 11) is 0. The lowest BCUT2D eigenvalue weighted by molar-refractivity contribution is -0.120. The highest BCUT2D eigenvalue weighted by Crippen LogP contribution is 2.11. The fraction of sp³-hybridized carbons (Fsp3) is 0.588. The van der Waals surface area contributed by atoms with Gasteiger partial charge in [0, 0.05) is 6.54 Å². The van der Waals surface area contributed by atoms with Crippen molar-refractivity contribution in [1.29, 1.82) is 0 Å². The Labute approximate surface area is 122 Å². The Hall–Kier alpha value is -1.35. The minimum absolute atomic E-state index is 0.137. The Morgan fingerprint density at radius 1 is 1.25 bits per heavy atom. The van der Waals surface area contributed by atoms with Crippen LogP contribution in [0.15, 0.2) is 18.2 Å². The number of aryl methyl sites for hydroxylation is 2. The van der Waals surface area contributed by atoms with Crippen LogP contribution in [0.2, 0.25) is 0 Å². The molecule has 0 atom stereocenters. The van der Waals surface area contributed by atoms with Crippen molar-refractivity contribution in [3.05, 3.63) is 34.9 Å². The number of hydrogen-bond acceptors (Lipinski definition) is 2. The van der Waals surface area contributed by atoms with Crippen LogP contribution in [0, 0.1) is 13.8 Å². The topological polar surface area (TPSA) is 32.3 Å². The van der Waals surface area contributed by atoms with Crippen LogP contribution in [-0.4, -0.2) is 37.0 Å². The third kappa shape index (κ3) is 4.64. The average molecular weight is 274 g/mol. The normalized spacial score (nSPS) is 15.5. The maximum Gasteiger partial charge on any atom is 0.224 e. The Bertz CT molecular complexity index is 450. The van der Waals surface area contributed by atoms with E-state index in [0.717, 1.165) is 25.1 Å². The molecule has 1 aliphatic heterocycles. The number of nitrogens with zero attached hydrogens (tertiary/aromatic N) is 1. The Balaban J connectivity index is 1.67. The summed E-state index contributed by atoms with van der Waals surface area (Å²) >= 11 is 0. The van der Waals surface area contributed by atoms with Crippen molar-refractivity contribution in [3.8, 4) is 0 Å². The molecule has 0 aliphatic carbocycles. The van der Waals surface area contributed by atoms with Crippen molar-refractivity contribution in [2.45, 2.75) is 39.5 Å². The van der Waals surface area contributed by atoms with Gasteiger partial charge < -0.3 is 10.2 Å². The Morgan fingerprint density at radius 2 is 2.00 bits per heavy atom. The zero-order valence-electron chi connectivity index (χ0n) is 12.7. The van der Waals surface area contributed by atoms with Gasteiger partial charge in [-0.2, -0.15) is 0 Å². The molecule has 1 amide bonds. The van der Waals surface area contributed by atoms with Crippen molar-refractivity contribution >= 4 is 5.91 Å². The van der Waals surface area contributed by atoms with Crippen LogP contribution in [0.3, 0.4) is 0 Å². The first kappa shape index (κ1) is 15.0. The summed E-state index contributed by atoms with van der Waals surface area (Å²) in [6, 6.07) is 6.27. The van der Waals surface area contributed by atoms with Crippen LogP contribution in [0.4, 0.5) is 0 Å². The first-order chi connectivity index (χ1) is 9.65. The maximum absolute atomic E-state index is 11.9. The number of carbonyl (C=O) groups is 1. The third-order valence-electron chi connectivity index (χ3n) is 4.02. The lowest BCUT2D eigenvalue weighted by Crippen LogP contribution is -2.29.